The molecule has 1 N–H and O–H groups in total. The highest BCUT2D eigenvalue weighted by molar-refractivity contribution is 9.10. The van der Waals surface area contributed by atoms with Crippen molar-refractivity contribution in [3.63, 3.8) is 0 Å². The van der Waals surface area contributed by atoms with E-state index in [-0.39, 0.29) is 0 Å². The zero-order chi connectivity index (χ0) is 19.1. The van der Waals surface area contributed by atoms with Crippen LogP contribution >= 0.6 is 27.5 Å². The van der Waals surface area contributed by atoms with Gasteiger partial charge in [-0.05, 0) is 82.5 Å². The highest BCUT2D eigenvalue weighted by atomic mass is 79.9. The number of hydrogen-bond acceptors (Lipinski definition) is 3. The van der Waals surface area contributed by atoms with Crippen LogP contribution in [0.5, 0.6) is 11.5 Å². The molecule has 3 aromatic carbocycles. The van der Waals surface area contributed by atoms with Crippen molar-refractivity contribution in [2.75, 3.05) is 11.9 Å². The van der Waals surface area contributed by atoms with Gasteiger partial charge in [-0.2, -0.15) is 0 Å². The first kappa shape index (κ1) is 19.6. The Morgan fingerprint density at radius 2 is 1.59 bits per heavy atom. The van der Waals surface area contributed by atoms with Gasteiger partial charge in [-0.3, -0.25) is 0 Å². The molecule has 3 rings (SSSR count). The quantitative estimate of drug-likeness (QED) is 0.418. The van der Waals surface area contributed by atoms with E-state index in [0.29, 0.717) is 13.2 Å². The van der Waals surface area contributed by atoms with Gasteiger partial charge >= 0.3 is 0 Å². The predicted octanol–water partition coefficient (Wildman–Crippen LogP) is 6.69. The van der Waals surface area contributed by atoms with Crippen LogP contribution in [0.15, 0.2) is 71.2 Å². The minimum absolute atomic E-state index is 0.500. The molecule has 0 saturated heterocycles. The van der Waals surface area contributed by atoms with Gasteiger partial charge in [0.05, 0.1) is 11.1 Å². The fourth-order valence-electron chi connectivity index (χ4n) is 2.55. The van der Waals surface area contributed by atoms with Crippen LogP contribution in [0, 0.1) is 0 Å². The van der Waals surface area contributed by atoms with Crippen molar-refractivity contribution in [2.24, 2.45) is 0 Å². The molecule has 0 bridgehead atoms. The van der Waals surface area contributed by atoms with Crippen LogP contribution in [-0.2, 0) is 13.2 Å². The van der Waals surface area contributed by atoms with Crippen LogP contribution in [-0.4, -0.2) is 6.61 Å². The fraction of sp³-hybridized carbons (Fsp3) is 0.182. The van der Waals surface area contributed by atoms with E-state index in [1.807, 2.05) is 61.5 Å². The van der Waals surface area contributed by atoms with E-state index in [2.05, 4.69) is 33.4 Å². The Morgan fingerprint density at radius 1 is 0.889 bits per heavy atom. The smallest absolute Gasteiger partial charge is 0.134 e. The second kappa shape index (κ2) is 9.67. The van der Waals surface area contributed by atoms with E-state index >= 15 is 0 Å². The SMILES string of the molecule is CCOc1ccc(NCc2ccc(OCc3ccc(Cl)cc3)c(Br)c2)cc1. The second-order valence-corrected chi connectivity index (χ2v) is 7.28. The Morgan fingerprint density at radius 3 is 2.26 bits per heavy atom. The summed E-state index contributed by atoms with van der Waals surface area (Å²) in [5, 5.41) is 4.14. The lowest BCUT2D eigenvalue weighted by Crippen LogP contribution is -2.01. The Labute approximate surface area is 173 Å². The van der Waals surface area contributed by atoms with Crippen LogP contribution in [0.3, 0.4) is 0 Å². The number of halogens is 2. The molecule has 0 fully saturated rings. The molecule has 140 valence electrons. The fourth-order valence-corrected chi connectivity index (χ4v) is 3.22. The minimum Gasteiger partial charge on any atom is -0.494 e. The Kier molecular flexibility index (Phi) is 7.02. The molecule has 0 heterocycles. The van der Waals surface area contributed by atoms with E-state index in [0.717, 1.165) is 44.4 Å². The van der Waals surface area contributed by atoms with Crippen molar-refractivity contribution >= 4 is 33.2 Å². The summed E-state index contributed by atoms with van der Waals surface area (Å²) in [7, 11) is 0. The van der Waals surface area contributed by atoms with E-state index in [1.165, 1.54) is 0 Å². The molecule has 0 aliphatic heterocycles. The summed E-state index contributed by atoms with van der Waals surface area (Å²) in [5.74, 6) is 1.70. The van der Waals surface area contributed by atoms with Crippen LogP contribution in [0.2, 0.25) is 5.02 Å². The summed E-state index contributed by atoms with van der Waals surface area (Å²) in [4.78, 5) is 0. The third-order valence-corrected chi connectivity index (χ3v) is 4.84. The maximum atomic E-state index is 5.91. The molecule has 0 amide bonds. The van der Waals surface area contributed by atoms with Gasteiger partial charge in [-0.15, -0.1) is 0 Å². The topological polar surface area (TPSA) is 30.5 Å². The Hall–Kier alpha value is -2.17. The van der Waals surface area contributed by atoms with Crippen LogP contribution in [0.25, 0.3) is 0 Å². The highest BCUT2D eigenvalue weighted by Gasteiger charge is 2.04. The zero-order valence-corrected chi connectivity index (χ0v) is 17.4. The van der Waals surface area contributed by atoms with Crippen LogP contribution < -0.4 is 14.8 Å². The molecule has 0 spiro atoms. The number of anilines is 1. The molecule has 0 radical (unpaired) electrons. The summed E-state index contributed by atoms with van der Waals surface area (Å²) in [6, 6.07) is 21.7. The Balaban J connectivity index is 1.55. The van der Waals surface area contributed by atoms with Crippen LogP contribution in [0.1, 0.15) is 18.1 Å². The largest absolute Gasteiger partial charge is 0.494 e. The average molecular weight is 447 g/mol. The van der Waals surface area contributed by atoms with Gasteiger partial charge in [0.25, 0.3) is 0 Å². The van der Waals surface area contributed by atoms with Crippen molar-refractivity contribution in [3.8, 4) is 11.5 Å². The first-order valence-corrected chi connectivity index (χ1v) is 9.93. The van der Waals surface area contributed by atoms with Gasteiger partial charge in [0.15, 0.2) is 0 Å². The molecule has 0 aliphatic carbocycles. The summed E-state index contributed by atoms with van der Waals surface area (Å²) < 4.78 is 12.3. The normalized spacial score (nSPS) is 10.5. The Bertz CT molecular complexity index is 866. The van der Waals surface area contributed by atoms with Crippen molar-refractivity contribution in [2.45, 2.75) is 20.1 Å². The van der Waals surface area contributed by atoms with Gasteiger partial charge in [-0.1, -0.05) is 29.8 Å². The number of nitrogens with one attached hydrogen (secondary N) is 1. The summed E-state index contributed by atoms with van der Waals surface area (Å²) in [6.07, 6.45) is 0. The second-order valence-electron chi connectivity index (χ2n) is 5.99. The molecular weight excluding hydrogens is 426 g/mol. The summed E-state index contributed by atoms with van der Waals surface area (Å²) in [6.45, 7) is 3.88. The van der Waals surface area contributed by atoms with Crippen molar-refractivity contribution in [1.82, 2.24) is 0 Å². The number of hydrogen-bond donors (Lipinski definition) is 1. The summed E-state index contributed by atoms with van der Waals surface area (Å²) >= 11 is 9.50. The van der Waals surface area contributed by atoms with E-state index < -0.39 is 0 Å². The monoisotopic (exact) mass is 445 g/mol. The van der Waals surface area contributed by atoms with Gasteiger partial charge in [0, 0.05) is 17.3 Å². The third-order valence-electron chi connectivity index (χ3n) is 3.97. The maximum absolute atomic E-state index is 5.91. The molecule has 5 heteroatoms. The molecule has 27 heavy (non-hydrogen) atoms. The molecular formula is C22H21BrClNO2. The molecule has 0 atom stereocenters. The molecule has 0 unspecified atom stereocenters. The van der Waals surface area contributed by atoms with E-state index in [4.69, 9.17) is 21.1 Å². The number of ether oxygens (including phenoxy) is 2. The van der Waals surface area contributed by atoms with E-state index in [9.17, 15) is 0 Å². The zero-order valence-electron chi connectivity index (χ0n) is 15.0. The van der Waals surface area contributed by atoms with Gasteiger partial charge in [-0.25, -0.2) is 0 Å². The van der Waals surface area contributed by atoms with Crippen molar-refractivity contribution < 1.29 is 9.47 Å². The van der Waals surface area contributed by atoms with Crippen LogP contribution in [0.4, 0.5) is 5.69 Å². The third kappa shape index (κ3) is 5.91. The predicted molar refractivity (Wildman–Crippen MR) is 115 cm³/mol. The maximum Gasteiger partial charge on any atom is 0.134 e. The first-order chi connectivity index (χ1) is 13.1. The first-order valence-electron chi connectivity index (χ1n) is 8.76. The lowest BCUT2D eigenvalue weighted by atomic mass is 10.2. The van der Waals surface area contributed by atoms with E-state index in [1.54, 1.807) is 0 Å². The average Bonchev–Trinajstić information content (AvgIpc) is 2.68. The molecule has 0 aromatic heterocycles. The summed E-state index contributed by atoms with van der Waals surface area (Å²) in [5.41, 5.74) is 3.29. The number of benzene rings is 3. The van der Waals surface area contributed by atoms with Crippen molar-refractivity contribution in [1.29, 1.82) is 0 Å². The minimum atomic E-state index is 0.500. The van der Waals surface area contributed by atoms with Gasteiger partial charge in [0.2, 0.25) is 0 Å². The lowest BCUT2D eigenvalue weighted by Gasteiger charge is -2.11. The van der Waals surface area contributed by atoms with Crippen molar-refractivity contribution in [3.05, 3.63) is 87.4 Å². The molecule has 3 nitrogen and oxygen atoms in total. The highest BCUT2D eigenvalue weighted by Crippen LogP contribution is 2.27. The lowest BCUT2D eigenvalue weighted by molar-refractivity contribution is 0.304. The molecule has 0 aliphatic rings. The standard InChI is InChI=1S/C22H21BrClNO2/c1-2-26-20-10-8-19(9-11-20)25-14-17-5-12-22(21(23)13-17)27-15-16-3-6-18(24)7-4-16/h3-13,25H,2,14-15H2,1H3. The molecule has 0 saturated carbocycles. The van der Waals surface area contributed by atoms with Gasteiger partial charge < -0.3 is 14.8 Å². The molecule has 3 aromatic rings. The number of rotatable bonds is 8. The van der Waals surface area contributed by atoms with Gasteiger partial charge in [0.1, 0.15) is 18.1 Å².